The van der Waals surface area contributed by atoms with E-state index in [2.05, 4.69) is 23.8 Å². The number of aromatic nitrogens is 2. The molecule has 2 rings (SSSR count). The molecule has 0 aliphatic carbocycles. The third kappa shape index (κ3) is 13.4. The average molecular weight is 497 g/mol. The van der Waals surface area contributed by atoms with Crippen molar-refractivity contribution in [1.29, 1.82) is 0 Å². The first-order chi connectivity index (χ1) is 17.7. The van der Waals surface area contributed by atoms with Crippen LogP contribution in [0.5, 0.6) is 11.5 Å². The van der Waals surface area contributed by atoms with E-state index in [1.807, 2.05) is 18.2 Å². The average Bonchev–Trinajstić information content (AvgIpc) is 2.90. The van der Waals surface area contributed by atoms with E-state index in [1.165, 1.54) is 51.0 Å². The molecule has 0 saturated heterocycles. The Morgan fingerprint density at radius 3 is 2.06 bits per heavy atom. The second-order valence-corrected chi connectivity index (χ2v) is 9.02. The highest BCUT2D eigenvalue weighted by Gasteiger charge is 2.05. The minimum absolute atomic E-state index is 0.354. The normalized spacial score (nSPS) is 11.2. The number of carbonyl (C=O) groups is 1. The summed E-state index contributed by atoms with van der Waals surface area (Å²) in [5.41, 5.74) is 0.847. The van der Waals surface area contributed by atoms with Gasteiger partial charge in [-0.25, -0.2) is 14.8 Å². The third-order valence-corrected chi connectivity index (χ3v) is 5.78. The molecule has 0 fully saturated rings. The SMILES string of the molecule is CCCCCCC/C=C/C(=O)Oc1ccc(-c2ncc(OCCCCOCCCCCC)cn2)cc1. The Morgan fingerprint density at radius 2 is 1.36 bits per heavy atom. The van der Waals surface area contributed by atoms with Gasteiger partial charge in [0.05, 0.1) is 19.0 Å². The van der Waals surface area contributed by atoms with E-state index < -0.39 is 0 Å². The fraction of sp³-hybridized carbons (Fsp3) is 0.567. The molecule has 198 valence electrons. The molecule has 2 aromatic rings. The Morgan fingerprint density at radius 1 is 0.750 bits per heavy atom. The second kappa shape index (κ2) is 19.5. The number of allylic oxidation sites excluding steroid dienone is 1. The minimum atomic E-state index is -0.354. The standard InChI is InChI=1S/C30H44N2O4/c1-3-5-7-9-10-11-12-16-29(33)36-27-19-17-26(18-20-27)30-31-24-28(25-32-30)35-23-15-14-22-34-21-13-8-6-4-2/h12,16-20,24-25H,3-11,13-15,21-23H2,1-2H3/b16-12+. The van der Waals surface area contributed by atoms with E-state index in [-0.39, 0.29) is 5.97 Å². The van der Waals surface area contributed by atoms with Crippen molar-refractivity contribution in [3.8, 4) is 22.9 Å². The summed E-state index contributed by atoms with van der Waals surface area (Å²) in [5, 5.41) is 0. The molecule has 0 radical (unpaired) electrons. The van der Waals surface area contributed by atoms with Crippen molar-refractivity contribution in [2.45, 2.75) is 90.9 Å². The van der Waals surface area contributed by atoms with Crippen LogP contribution in [0.4, 0.5) is 0 Å². The number of ether oxygens (including phenoxy) is 3. The Kier molecular flexibility index (Phi) is 15.9. The summed E-state index contributed by atoms with van der Waals surface area (Å²) in [4.78, 5) is 20.8. The van der Waals surface area contributed by atoms with Crippen molar-refractivity contribution in [3.05, 3.63) is 48.8 Å². The number of hydrogen-bond donors (Lipinski definition) is 0. The zero-order valence-corrected chi connectivity index (χ0v) is 22.3. The van der Waals surface area contributed by atoms with Crippen LogP contribution in [0.1, 0.15) is 90.9 Å². The van der Waals surface area contributed by atoms with Gasteiger partial charge in [0.15, 0.2) is 11.6 Å². The molecule has 0 spiro atoms. The lowest BCUT2D eigenvalue weighted by Gasteiger charge is -2.07. The van der Waals surface area contributed by atoms with Crippen molar-refractivity contribution >= 4 is 5.97 Å². The summed E-state index contributed by atoms with van der Waals surface area (Å²) in [5.74, 6) is 1.40. The number of unbranched alkanes of at least 4 members (excludes halogenated alkanes) is 9. The van der Waals surface area contributed by atoms with Gasteiger partial charge in [0.2, 0.25) is 0 Å². The molecule has 1 aromatic heterocycles. The van der Waals surface area contributed by atoms with Gasteiger partial charge in [0.25, 0.3) is 0 Å². The molecular formula is C30H44N2O4. The Hall–Kier alpha value is -2.73. The topological polar surface area (TPSA) is 70.5 Å². The molecule has 0 aliphatic heterocycles. The number of esters is 1. The molecule has 0 atom stereocenters. The number of rotatable bonds is 20. The first-order valence-electron chi connectivity index (χ1n) is 13.7. The molecule has 0 amide bonds. The fourth-order valence-corrected chi connectivity index (χ4v) is 3.64. The van der Waals surface area contributed by atoms with Crippen LogP contribution >= 0.6 is 0 Å². The van der Waals surface area contributed by atoms with Crippen molar-refractivity contribution < 1.29 is 19.0 Å². The predicted molar refractivity (Wildman–Crippen MR) is 145 cm³/mol. The van der Waals surface area contributed by atoms with E-state index in [9.17, 15) is 4.79 Å². The van der Waals surface area contributed by atoms with Gasteiger partial charge in [-0.3, -0.25) is 0 Å². The predicted octanol–water partition coefficient (Wildman–Crippen LogP) is 7.72. The van der Waals surface area contributed by atoms with E-state index in [0.29, 0.717) is 23.9 Å². The molecule has 0 N–H and O–H groups in total. The van der Waals surface area contributed by atoms with E-state index in [1.54, 1.807) is 24.5 Å². The molecule has 1 heterocycles. The van der Waals surface area contributed by atoms with Gasteiger partial charge < -0.3 is 14.2 Å². The van der Waals surface area contributed by atoms with Gasteiger partial charge in [-0.1, -0.05) is 64.9 Å². The lowest BCUT2D eigenvalue weighted by molar-refractivity contribution is -0.129. The Balaban J connectivity index is 1.63. The van der Waals surface area contributed by atoms with Gasteiger partial charge in [0, 0.05) is 24.9 Å². The molecule has 6 nitrogen and oxygen atoms in total. The maximum atomic E-state index is 12.0. The van der Waals surface area contributed by atoms with E-state index in [4.69, 9.17) is 14.2 Å². The fourth-order valence-electron chi connectivity index (χ4n) is 3.64. The first-order valence-corrected chi connectivity index (χ1v) is 13.7. The van der Waals surface area contributed by atoms with Gasteiger partial charge >= 0.3 is 5.97 Å². The first kappa shape index (κ1) is 29.5. The monoisotopic (exact) mass is 496 g/mol. The lowest BCUT2D eigenvalue weighted by Crippen LogP contribution is -2.03. The van der Waals surface area contributed by atoms with Crippen LogP contribution < -0.4 is 9.47 Å². The van der Waals surface area contributed by atoms with Crippen molar-refractivity contribution in [3.63, 3.8) is 0 Å². The van der Waals surface area contributed by atoms with Crippen LogP contribution in [-0.4, -0.2) is 35.8 Å². The van der Waals surface area contributed by atoms with Gasteiger partial charge in [-0.2, -0.15) is 0 Å². The van der Waals surface area contributed by atoms with Crippen LogP contribution in [0.2, 0.25) is 0 Å². The molecular weight excluding hydrogens is 452 g/mol. The smallest absolute Gasteiger partial charge is 0.335 e. The number of hydrogen-bond acceptors (Lipinski definition) is 6. The van der Waals surface area contributed by atoms with Crippen LogP contribution in [-0.2, 0) is 9.53 Å². The maximum absolute atomic E-state index is 12.0. The summed E-state index contributed by atoms with van der Waals surface area (Å²) in [6.45, 7) is 6.68. The van der Waals surface area contributed by atoms with Gasteiger partial charge in [-0.15, -0.1) is 0 Å². The summed E-state index contributed by atoms with van der Waals surface area (Å²) in [7, 11) is 0. The number of carbonyl (C=O) groups excluding carboxylic acids is 1. The molecule has 0 saturated carbocycles. The number of nitrogens with zero attached hydrogens (tertiary/aromatic N) is 2. The Bertz CT molecular complexity index is 850. The van der Waals surface area contributed by atoms with Crippen LogP contribution in [0.15, 0.2) is 48.8 Å². The maximum Gasteiger partial charge on any atom is 0.335 e. The quantitative estimate of drug-likeness (QED) is 0.0808. The summed E-state index contributed by atoms with van der Waals surface area (Å²) in [6.07, 6.45) is 20.6. The highest BCUT2D eigenvalue weighted by atomic mass is 16.5. The third-order valence-electron chi connectivity index (χ3n) is 5.78. The number of benzene rings is 1. The van der Waals surface area contributed by atoms with E-state index >= 15 is 0 Å². The molecule has 0 bridgehead atoms. The second-order valence-electron chi connectivity index (χ2n) is 9.02. The molecule has 0 unspecified atom stereocenters. The molecule has 6 heteroatoms. The molecule has 1 aromatic carbocycles. The molecule has 0 aliphatic rings. The summed E-state index contributed by atoms with van der Waals surface area (Å²) < 4.78 is 16.8. The summed E-state index contributed by atoms with van der Waals surface area (Å²) >= 11 is 0. The van der Waals surface area contributed by atoms with Crippen LogP contribution in [0, 0.1) is 0 Å². The van der Waals surface area contributed by atoms with E-state index in [0.717, 1.165) is 50.9 Å². The summed E-state index contributed by atoms with van der Waals surface area (Å²) in [6, 6.07) is 7.20. The van der Waals surface area contributed by atoms with Crippen LogP contribution in [0.3, 0.4) is 0 Å². The highest BCUT2D eigenvalue weighted by molar-refractivity contribution is 5.84. The van der Waals surface area contributed by atoms with Gasteiger partial charge in [-0.05, 0) is 56.4 Å². The van der Waals surface area contributed by atoms with Crippen molar-refractivity contribution in [2.24, 2.45) is 0 Å². The van der Waals surface area contributed by atoms with Crippen LogP contribution in [0.25, 0.3) is 11.4 Å². The largest absolute Gasteiger partial charge is 0.490 e. The zero-order chi connectivity index (χ0) is 25.7. The van der Waals surface area contributed by atoms with Crippen molar-refractivity contribution in [1.82, 2.24) is 9.97 Å². The van der Waals surface area contributed by atoms with Gasteiger partial charge in [0.1, 0.15) is 5.75 Å². The Labute approximate surface area is 217 Å². The highest BCUT2D eigenvalue weighted by Crippen LogP contribution is 2.20. The van der Waals surface area contributed by atoms with Crippen molar-refractivity contribution in [2.75, 3.05) is 19.8 Å². The minimum Gasteiger partial charge on any atom is -0.490 e. The zero-order valence-electron chi connectivity index (χ0n) is 22.3. The lowest BCUT2D eigenvalue weighted by atomic mass is 10.1. The molecule has 36 heavy (non-hydrogen) atoms.